The van der Waals surface area contributed by atoms with Crippen LogP contribution < -0.4 is 5.32 Å². The summed E-state index contributed by atoms with van der Waals surface area (Å²) in [6.45, 7) is 2.66. The highest BCUT2D eigenvalue weighted by molar-refractivity contribution is 5.76. The first kappa shape index (κ1) is 33.8. The third-order valence-corrected chi connectivity index (χ3v) is 8.86. The van der Waals surface area contributed by atoms with Crippen molar-refractivity contribution in [2.24, 2.45) is 0 Å². The molecule has 0 spiro atoms. The lowest BCUT2D eigenvalue weighted by Gasteiger charge is -2.38. The minimum absolute atomic E-state index is 0.00310. The highest BCUT2D eigenvalue weighted by atomic mass is 16.7. The van der Waals surface area contributed by atoms with E-state index in [-0.39, 0.29) is 37.2 Å². The molecule has 9 nitrogen and oxygen atoms in total. The van der Waals surface area contributed by atoms with Crippen molar-refractivity contribution in [1.29, 1.82) is 0 Å². The Bertz CT molecular complexity index is 1410. The number of rotatable bonds is 15. The van der Waals surface area contributed by atoms with Crippen molar-refractivity contribution in [3.8, 4) is 11.1 Å². The second-order valence-corrected chi connectivity index (χ2v) is 12.4. The molecule has 4 N–H and O–H groups in total. The van der Waals surface area contributed by atoms with E-state index in [0.717, 1.165) is 72.2 Å². The third kappa shape index (κ3) is 9.70. The molecule has 246 valence electrons. The predicted octanol–water partition coefficient (Wildman–Crippen LogP) is 5.50. The Kier molecular flexibility index (Phi) is 12.3. The summed E-state index contributed by atoms with van der Waals surface area (Å²) in [7, 11) is 0. The second kappa shape index (κ2) is 16.8. The number of carbonyl (C=O) groups excluding carboxylic acids is 1. The average Bonchev–Trinajstić information content (AvgIpc) is 3.49. The molecule has 0 radical (unpaired) electrons. The number of benzene rings is 3. The lowest BCUT2D eigenvalue weighted by Crippen LogP contribution is -2.38. The quantitative estimate of drug-likeness (QED) is 0.162. The number of carboxylic acid groups (broad SMARTS) is 1. The maximum Gasteiger partial charge on any atom is 0.303 e. The van der Waals surface area contributed by atoms with Gasteiger partial charge in [-0.25, -0.2) is 0 Å². The highest BCUT2D eigenvalue weighted by Gasteiger charge is 2.34. The smallest absolute Gasteiger partial charge is 0.303 e. The Morgan fingerprint density at radius 1 is 0.870 bits per heavy atom. The van der Waals surface area contributed by atoms with Crippen molar-refractivity contribution in [3.05, 3.63) is 95.1 Å². The molecule has 4 atom stereocenters. The molecule has 2 fully saturated rings. The lowest BCUT2D eigenvalue weighted by atomic mass is 9.97. The van der Waals surface area contributed by atoms with E-state index >= 15 is 0 Å². The molecule has 0 bridgehead atoms. The molecule has 0 saturated carbocycles. The summed E-state index contributed by atoms with van der Waals surface area (Å²) in [6.07, 6.45) is 4.05. The number of β-amino-alcohol motifs (C(OH)–C–C–N with tert-alkyl or cyclic N) is 1. The van der Waals surface area contributed by atoms with Gasteiger partial charge in [0.25, 0.3) is 0 Å². The number of amides is 1. The normalized spacial score (nSPS) is 21.7. The number of aliphatic hydroxyl groups is 2. The zero-order valence-electron chi connectivity index (χ0n) is 26.4. The molecule has 0 aromatic heterocycles. The zero-order valence-corrected chi connectivity index (χ0v) is 26.4. The fraction of sp³-hybridized carbons (Fsp3) is 0.459. The molecule has 2 aliphatic rings. The first-order chi connectivity index (χ1) is 22.4. The second-order valence-electron chi connectivity index (χ2n) is 12.4. The maximum atomic E-state index is 12.5. The number of aliphatic carboxylic acids is 1. The summed E-state index contributed by atoms with van der Waals surface area (Å²) < 4.78 is 13.0. The number of nitrogens with one attached hydrogen (secondary N) is 1. The van der Waals surface area contributed by atoms with Crippen LogP contribution in [-0.2, 0) is 32.2 Å². The van der Waals surface area contributed by atoms with Crippen molar-refractivity contribution in [2.75, 3.05) is 19.6 Å². The zero-order chi connectivity index (χ0) is 32.3. The van der Waals surface area contributed by atoms with Gasteiger partial charge in [0.1, 0.15) is 0 Å². The van der Waals surface area contributed by atoms with Crippen molar-refractivity contribution in [2.45, 2.75) is 89.1 Å². The third-order valence-electron chi connectivity index (χ3n) is 8.86. The molecular weight excluding hydrogens is 584 g/mol. The van der Waals surface area contributed by atoms with E-state index in [2.05, 4.69) is 28.4 Å². The van der Waals surface area contributed by atoms with Crippen LogP contribution in [0.3, 0.4) is 0 Å². The summed E-state index contributed by atoms with van der Waals surface area (Å²) >= 11 is 0. The Labute approximate surface area is 271 Å². The van der Waals surface area contributed by atoms with Gasteiger partial charge in [0, 0.05) is 51.0 Å². The topological polar surface area (TPSA) is 129 Å². The molecule has 2 aliphatic heterocycles. The standard InChI is InChI=1S/C37H46N2O7/c40-25-26-11-13-28(14-12-26)34-21-32(24-39-20-19-31(41)23-39)45-37(46-34)29-17-15-27(16-18-29)33-8-6-5-7-30(33)22-38-35(42)9-3-1-2-4-10-36(43)44/h5-8,11-18,31-32,34,37,40-41H,1-4,9-10,19-25H2,(H,38,42)(H,43,44)/t31-,32-,34+,37+/m0/s1. The van der Waals surface area contributed by atoms with E-state index in [1.165, 1.54) is 0 Å². The predicted molar refractivity (Wildman–Crippen MR) is 175 cm³/mol. The molecule has 2 heterocycles. The van der Waals surface area contributed by atoms with Crippen LogP contribution in [0, 0.1) is 0 Å². The monoisotopic (exact) mass is 630 g/mol. The molecule has 2 saturated heterocycles. The van der Waals surface area contributed by atoms with Gasteiger partial charge in [-0.05, 0) is 47.1 Å². The fourth-order valence-electron chi connectivity index (χ4n) is 6.27. The summed E-state index contributed by atoms with van der Waals surface area (Å²) in [5.74, 6) is -0.783. The molecule has 3 aromatic rings. The van der Waals surface area contributed by atoms with E-state index in [1.807, 2.05) is 54.6 Å². The number of nitrogens with zero attached hydrogens (tertiary/aromatic N) is 1. The maximum absolute atomic E-state index is 12.5. The number of likely N-dealkylation sites (tertiary alicyclic amines) is 1. The number of carboxylic acids is 1. The van der Waals surface area contributed by atoms with Gasteiger partial charge in [-0.1, -0.05) is 85.6 Å². The van der Waals surface area contributed by atoms with E-state index in [1.54, 1.807) is 0 Å². The number of ether oxygens (including phenoxy) is 2. The molecule has 9 heteroatoms. The summed E-state index contributed by atoms with van der Waals surface area (Å²) in [5.41, 5.74) is 5.91. The largest absolute Gasteiger partial charge is 0.481 e. The van der Waals surface area contributed by atoms with Gasteiger partial charge in [0.2, 0.25) is 5.91 Å². The lowest BCUT2D eigenvalue weighted by molar-refractivity contribution is -0.252. The minimum Gasteiger partial charge on any atom is -0.481 e. The van der Waals surface area contributed by atoms with E-state index in [0.29, 0.717) is 32.4 Å². The molecule has 0 unspecified atom stereocenters. The van der Waals surface area contributed by atoms with Crippen LogP contribution in [0.2, 0.25) is 0 Å². The van der Waals surface area contributed by atoms with Crippen molar-refractivity contribution >= 4 is 11.9 Å². The molecule has 1 amide bonds. The minimum atomic E-state index is -0.777. The Morgan fingerprint density at radius 2 is 1.59 bits per heavy atom. The van der Waals surface area contributed by atoms with Crippen molar-refractivity contribution < 1.29 is 34.4 Å². The molecular formula is C37H46N2O7. The van der Waals surface area contributed by atoms with Gasteiger partial charge in [0.05, 0.1) is 24.9 Å². The molecule has 3 aromatic carbocycles. The van der Waals surface area contributed by atoms with Crippen LogP contribution in [0.25, 0.3) is 11.1 Å². The van der Waals surface area contributed by atoms with E-state index in [9.17, 15) is 19.8 Å². The number of unbranched alkanes of at least 4 members (excludes halogenated alkanes) is 3. The Morgan fingerprint density at radius 3 is 2.28 bits per heavy atom. The van der Waals surface area contributed by atoms with Crippen molar-refractivity contribution in [1.82, 2.24) is 10.2 Å². The van der Waals surface area contributed by atoms with Crippen LogP contribution >= 0.6 is 0 Å². The Hall–Kier alpha value is -3.60. The molecule has 5 rings (SSSR count). The van der Waals surface area contributed by atoms with Gasteiger partial charge in [-0.15, -0.1) is 0 Å². The average molecular weight is 631 g/mol. The number of hydrogen-bond donors (Lipinski definition) is 4. The highest BCUT2D eigenvalue weighted by Crippen LogP contribution is 2.39. The SMILES string of the molecule is O=C(O)CCCCCCC(=O)NCc1ccccc1-c1ccc([C@@H]2O[C@H](CN3CC[C@H](O)C3)C[C@H](c3ccc(CO)cc3)O2)cc1. The summed E-state index contributed by atoms with van der Waals surface area (Å²) in [5, 5.41) is 31.3. The van der Waals surface area contributed by atoms with E-state index < -0.39 is 12.3 Å². The van der Waals surface area contributed by atoms with Crippen LogP contribution in [0.1, 0.15) is 86.0 Å². The van der Waals surface area contributed by atoms with Crippen LogP contribution in [0.5, 0.6) is 0 Å². The first-order valence-electron chi connectivity index (χ1n) is 16.5. The first-order valence-corrected chi connectivity index (χ1v) is 16.5. The van der Waals surface area contributed by atoms with Crippen molar-refractivity contribution in [3.63, 3.8) is 0 Å². The fourth-order valence-corrected chi connectivity index (χ4v) is 6.27. The van der Waals surface area contributed by atoms with Gasteiger partial charge in [-0.2, -0.15) is 0 Å². The van der Waals surface area contributed by atoms with Gasteiger partial charge in [0.15, 0.2) is 6.29 Å². The number of hydrogen-bond acceptors (Lipinski definition) is 7. The van der Waals surface area contributed by atoms with Crippen LogP contribution in [-0.4, -0.2) is 63.9 Å². The molecule has 0 aliphatic carbocycles. The molecule has 46 heavy (non-hydrogen) atoms. The summed E-state index contributed by atoms with van der Waals surface area (Å²) in [6, 6.07) is 24.1. The number of carbonyl (C=O) groups is 2. The van der Waals surface area contributed by atoms with Crippen LogP contribution in [0.15, 0.2) is 72.8 Å². The number of aliphatic hydroxyl groups excluding tert-OH is 2. The van der Waals surface area contributed by atoms with Gasteiger partial charge < -0.3 is 30.1 Å². The van der Waals surface area contributed by atoms with E-state index in [4.69, 9.17) is 14.6 Å². The van der Waals surface area contributed by atoms with Crippen LogP contribution in [0.4, 0.5) is 0 Å². The Balaban J connectivity index is 1.22. The van der Waals surface area contributed by atoms with Gasteiger partial charge in [-0.3, -0.25) is 14.5 Å². The summed E-state index contributed by atoms with van der Waals surface area (Å²) in [4.78, 5) is 25.4. The van der Waals surface area contributed by atoms with Gasteiger partial charge >= 0.3 is 5.97 Å².